The van der Waals surface area contributed by atoms with E-state index in [4.69, 9.17) is 20.3 Å². The second-order valence-electron chi connectivity index (χ2n) is 7.23. The van der Waals surface area contributed by atoms with Gasteiger partial charge in [-0.15, -0.1) is 0 Å². The Morgan fingerprint density at radius 3 is 2.70 bits per heavy atom. The molecular formula is C17H22N5O7P. The fraction of sp³-hybridized carbons (Fsp3) is 0.471. The molecule has 3 aliphatic heterocycles. The molecule has 0 saturated carbocycles. The molecule has 30 heavy (non-hydrogen) atoms. The monoisotopic (exact) mass is 439 g/mol. The predicted octanol–water partition coefficient (Wildman–Crippen LogP) is -1.41. The summed E-state index contributed by atoms with van der Waals surface area (Å²) in [4.78, 5) is 32.2. The minimum atomic E-state index is -4.75. The number of nitrogens with two attached hydrogens (primary N) is 1. The SMILES string of the molecule is NC1(Cc2ccccc2)N=CN=C2C1=NCN2[C@@H]1O[C@H](COP(=O)(O)O)[C@@H](O)[C@H]1O. The van der Waals surface area contributed by atoms with Crippen molar-refractivity contribution in [3.05, 3.63) is 35.9 Å². The van der Waals surface area contributed by atoms with Crippen LogP contribution in [0.3, 0.4) is 0 Å². The van der Waals surface area contributed by atoms with Gasteiger partial charge in [0, 0.05) is 6.42 Å². The van der Waals surface area contributed by atoms with Crippen molar-refractivity contribution in [2.24, 2.45) is 20.7 Å². The summed E-state index contributed by atoms with van der Waals surface area (Å²) in [5.74, 6) is 0.358. The molecule has 0 spiro atoms. The summed E-state index contributed by atoms with van der Waals surface area (Å²) in [5.41, 5.74) is 6.76. The normalized spacial score (nSPS) is 33.4. The van der Waals surface area contributed by atoms with Gasteiger partial charge in [-0.3, -0.25) is 9.52 Å². The number of aliphatic imine (C=N–C) groups is 3. The fourth-order valence-corrected chi connectivity index (χ4v) is 4.01. The van der Waals surface area contributed by atoms with Crippen molar-refractivity contribution in [3.8, 4) is 0 Å². The minimum Gasteiger partial charge on any atom is -0.387 e. The van der Waals surface area contributed by atoms with E-state index in [1.807, 2.05) is 30.3 Å². The molecule has 0 bridgehead atoms. The first-order chi connectivity index (χ1) is 14.2. The van der Waals surface area contributed by atoms with Crippen LogP contribution in [0.25, 0.3) is 0 Å². The van der Waals surface area contributed by atoms with E-state index >= 15 is 0 Å². The molecule has 3 aliphatic rings. The lowest BCUT2D eigenvalue weighted by Crippen LogP contribution is -2.56. The van der Waals surface area contributed by atoms with Gasteiger partial charge >= 0.3 is 7.82 Å². The Kier molecular flexibility index (Phi) is 5.60. The minimum absolute atomic E-state index is 0.0613. The Labute approximate surface area is 171 Å². The zero-order valence-electron chi connectivity index (χ0n) is 15.7. The Bertz CT molecular complexity index is 936. The molecule has 1 saturated heterocycles. The number of ether oxygens (including phenoxy) is 1. The number of hydrogen-bond donors (Lipinski definition) is 5. The first-order valence-corrected chi connectivity index (χ1v) is 10.7. The second kappa shape index (κ2) is 7.91. The van der Waals surface area contributed by atoms with Crippen LogP contribution < -0.4 is 5.73 Å². The number of benzene rings is 1. The van der Waals surface area contributed by atoms with E-state index in [1.54, 1.807) is 0 Å². The maximum atomic E-state index is 10.9. The fourth-order valence-electron chi connectivity index (χ4n) is 3.67. The summed E-state index contributed by atoms with van der Waals surface area (Å²) in [5, 5.41) is 20.7. The number of hydrogen-bond acceptors (Lipinski definition) is 10. The van der Waals surface area contributed by atoms with Crippen LogP contribution in [0.1, 0.15) is 5.56 Å². The topological polar surface area (TPSA) is 183 Å². The van der Waals surface area contributed by atoms with E-state index in [0.717, 1.165) is 5.56 Å². The summed E-state index contributed by atoms with van der Waals surface area (Å²) in [7, 11) is -4.75. The maximum absolute atomic E-state index is 10.9. The van der Waals surface area contributed by atoms with Crippen LogP contribution in [0.4, 0.5) is 0 Å². The van der Waals surface area contributed by atoms with E-state index in [2.05, 4.69) is 19.5 Å². The molecule has 13 heteroatoms. The highest BCUT2D eigenvalue weighted by molar-refractivity contribution is 7.46. The van der Waals surface area contributed by atoms with Gasteiger partial charge < -0.3 is 35.4 Å². The largest absolute Gasteiger partial charge is 0.469 e. The molecule has 1 fully saturated rings. The number of nitrogens with zero attached hydrogens (tertiary/aromatic N) is 4. The van der Waals surface area contributed by atoms with Crippen LogP contribution in [-0.4, -0.2) is 86.3 Å². The Morgan fingerprint density at radius 1 is 1.27 bits per heavy atom. The molecule has 0 aliphatic carbocycles. The Balaban J connectivity index is 1.50. The third-order valence-corrected chi connectivity index (χ3v) is 5.60. The van der Waals surface area contributed by atoms with Gasteiger partial charge in [-0.05, 0) is 5.56 Å². The van der Waals surface area contributed by atoms with Crippen LogP contribution in [-0.2, 0) is 20.2 Å². The number of amidine groups is 1. The number of rotatable bonds is 6. The molecule has 1 aromatic rings. The zero-order valence-corrected chi connectivity index (χ0v) is 16.6. The van der Waals surface area contributed by atoms with E-state index in [9.17, 15) is 14.8 Å². The Hall–Kier alpha value is -2.02. The van der Waals surface area contributed by atoms with Crippen molar-refractivity contribution in [3.63, 3.8) is 0 Å². The summed E-state index contributed by atoms with van der Waals surface area (Å²) in [6.45, 7) is -0.533. The van der Waals surface area contributed by atoms with Gasteiger partial charge in [0.1, 0.15) is 37.0 Å². The van der Waals surface area contributed by atoms with Gasteiger partial charge in [-0.1, -0.05) is 30.3 Å². The number of aliphatic hydroxyl groups is 2. The van der Waals surface area contributed by atoms with Crippen molar-refractivity contribution in [1.29, 1.82) is 0 Å². The molecule has 4 rings (SSSR count). The van der Waals surface area contributed by atoms with Crippen LogP contribution in [0, 0.1) is 0 Å². The van der Waals surface area contributed by atoms with Crippen molar-refractivity contribution in [2.45, 2.75) is 36.6 Å². The zero-order chi connectivity index (χ0) is 21.5. The molecule has 1 unspecified atom stereocenters. The molecule has 1 aromatic carbocycles. The van der Waals surface area contributed by atoms with Gasteiger partial charge in [0.05, 0.1) is 6.61 Å². The van der Waals surface area contributed by atoms with E-state index in [1.165, 1.54) is 11.2 Å². The first-order valence-electron chi connectivity index (χ1n) is 9.16. The smallest absolute Gasteiger partial charge is 0.387 e. The van der Waals surface area contributed by atoms with Crippen LogP contribution >= 0.6 is 7.82 Å². The van der Waals surface area contributed by atoms with Gasteiger partial charge in [0.15, 0.2) is 17.7 Å². The van der Waals surface area contributed by atoms with E-state index in [-0.39, 0.29) is 6.67 Å². The third-order valence-electron chi connectivity index (χ3n) is 5.11. The number of fused-ring (bicyclic) bond motifs is 1. The lowest BCUT2D eigenvalue weighted by atomic mass is 9.94. The van der Waals surface area contributed by atoms with Crippen LogP contribution in [0.15, 0.2) is 45.3 Å². The molecule has 3 heterocycles. The summed E-state index contributed by atoms with van der Waals surface area (Å²) in [6, 6.07) is 9.54. The highest BCUT2D eigenvalue weighted by Crippen LogP contribution is 2.38. The van der Waals surface area contributed by atoms with E-state index in [0.29, 0.717) is 18.0 Å². The van der Waals surface area contributed by atoms with Crippen molar-refractivity contribution < 1.29 is 33.8 Å². The van der Waals surface area contributed by atoms with Gasteiger partial charge in [0.25, 0.3) is 0 Å². The first kappa shape index (κ1) is 21.2. The maximum Gasteiger partial charge on any atom is 0.469 e. The molecule has 5 atom stereocenters. The standard InChI is InChI=1S/C17H22N5O7P/c18-17(6-10-4-2-1-3-5-10)14-15(19-8-21-17)22(9-20-14)16-13(24)12(23)11(29-16)7-28-30(25,26)27/h1-5,8,11-13,16,23-24H,6-7,9,18H2,(H2,25,26,27)/t11-,12-,13-,16-,17?/m1/s1. The lowest BCUT2D eigenvalue weighted by molar-refractivity contribution is -0.0681. The average molecular weight is 439 g/mol. The molecule has 12 nitrogen and oxygen atoms in total. The van der Waals surface area contributed by atoms with Crippen molar-refractivity contribution >= 4 is 25.7 Å². The van der Waals surface area contributed by atoms with Crippen molar-refractivity contribution in [2.75, 3.05) is 13.3 Å². The van der Waals surface area contributed by atoms with Gasteiger partial charge in [0.2, 0.25) is 0 Å². The summed E-state index contributed by atoms with van der Waals surface area (Å²) >= 11 is 0. The molecular weight excluding hydrogens is 417 g/mol. The quantitative estimate of drug-likeness (QED) is 0.333. The van der Waals surface area contributed by atoms with Crippen LogP contribution in [0.5, 0.6) is 0 Å². The lowest BCUT2D eigenvalue weighted by Gasteiger charge is -2.32. The number of phosphoric acid groups is 1. The molecule has 6 N–H and O–H groups in total. The second-order valence-corrected chi connectivity index (χ2v) is 8.47. The number of aliphatic hydroxyl groups excluding tert-OH is 2. The summed E-state index contributed by atoms with van der Waals surface area (Å²) in [6.07, 6.45) is -3.31. The summed E-state index contributed by atoms with van der Waals surface area (Å²) < 4.78 is 20.9. The van der Waals surface area contributed by atoms with Gasteiger partial charge in [-0.2, -0.15) is 0 Å². The predicted molar refractivity (Wildman–Crippen MR) is 106 cm³/mol. The molecule has 0 radical (unpaired) electrons. The van der Waals surface area contributed by atoms with Crippen LogP contribution in [0.2, 0.25) is 0 Å². The molecule has 162 valence electrons. The van der Waals surface area contributed by atoms with E-state index < -0.39 is 44.6 Å². The average Bonchev–Trinajstić information content (AvgIpc) is 3.23. The Morgan fingerprint density at radius 2 is 2.00 bits per heavy atom. The third kappa shape index (κ3) is 4.09. The molecule has 0 amide bonds. The highest BCUT2D eigenvalue weighted by atomic mass is 31.2. The van der Waals surface area contributed by atoms with Crippen molar-refractivity contribution in [1.82, 2.24) is 4.90 Å². The highest BCUT2D eigenvalue weighted by Gasteiger charge is 2.51. The molecule has 0 aromatic heterocycles. The number of phosphoric ester groups is 1. The van der Waals surface area contributed by atoms with Gasteiger partial charge in [-0.25, -0.2) is 14.5 Å².